The summed E-state index contributed by atoms with van der Waals surface area (Å²) in [4.78, 5) is 19.0. The summed E-state index contributed by atoms with van der Waals surface area (Å²) < 4.78 is 5.28. The highest BCUT2D eigenvalue weighted by molar-refractivity contribution is 5.91. The summed E-state index contributed by atoms with van der Waals surface area (Å²) in [7, 11) is 0. The van der Waals surface area contributed by atoms with Gasteiger partial charge in [-0.15, -0.1) is 0 Å². The van der Waals surface area contributed by atoms with Crippen LogP contribution in [-0.2, 0) is 11.2 Å². The van der Waals surface area contributed by atoms with Gasteiger partial charge in [-0.25, -0.2) is 0 Å². The molecule has 0 bridgehead atoms. The van der Waals surface area contributed by atoms with Gasteiger partial charge < -0.3 is 14.7 Å². The molecule has 0 unspecified atom stereocenters. The van der Waals surface area contributed by atoms with E-state index in [9.17, 15) is 4.79 Å². The van der Waals surface area contributed by atoms with Gasteiger partial charge in [-0.05, 0) is 44.0 Å². The van der Waals surface area contributed by atoms with Crippen molar-refractivity contribution in [1.82, 2.24) is 10.1 Å². The summed E-state index contributed by atoms with van der Waals surface area (Å²) in [5.74, 6) is 0.951. The number of nitrogens with one attached hydrogen (secondary N) is 1. The first-order valence-electron chi connectivity index (χ1n) is 9.72. The second-order valence-electron chi connectivity index (χ2n) is 7.17. The van der Waals surface area contributed by atoms with Crippen LogP contribution in [0.2, 0.25) is 0 Å². The summed E-state index contributed by atoms with van der Waals surface area (Å²) in [6.45, 7) is 4.25. The fourth-order valence-electron chi connectivity index (χ4n) is 3.35. The summed E-state index contributed by atoms with van der Waals surface area (Å²) in [6, 6.07) is 16.0. The van der Waals surface area contributed by atoms with Gasteiger partial charge in [0.1, 0.15) is 0 Å². The minimum absolute atomic E-state index is 0.0657. The molecule has 3 aromatic rings. The van der Waals surface area contributed by atoms with Crippen molar-refractivity contribution in [3.63, 3.8) is 0 Å². The van der Waals surface area contributed by atoms with E-state index in [0.717, 1.165) is 24.3 Å². The lowest BCUT2D eigenvalue weighted by molar-refractivity contribution is -0.116. The number of aryl methyl sites for hydroxylation is 2. The second-order valence-corrected chi connectivity index (χ2v) is 7.17. The molecule has 1 aromatic heterocycles. The predicted molar refractivity (Wildman–Crippen MR) is 109 cm³/mol. The number of carbonyl (C=O) groups is 1. The number of aromatic nitrogens is 2. The van der Waals surface area contributed by atoms with Crippen molar-refractivity contribution >= 4 is 17.3 Å². The molecule has 0 atom stereocenters. The maximum Gasteiger partial charge on any atom is 0.227 e. The molecule has 6 heteroatoms. The van der Waals surface area contributed by atoms with Crippen LogP contribution in [0.5, 0.6) is 0 Å². The second kappa shape index (κ2) is 8.25. The zero-order chi connectivity index (χ0) is 19.3. The van der Waals surface area contributed by atoms with Crippen LogP contribution in [0.3, 0.4) is 0 Å². The molecule has 1 aliphatic heterocycles. The quantitative estimate of drug-likeness (QED) is 0.697. The standard InChI is InChI=1S/C22H24N4O2/c1-16-4-6-17(7-5-16)22-24-21(28-25-22)13-12-20(27)23-18-8-10-19(11-9-18)26-14-2-3-15-26/h4-11H,2-3,12-15H2,1H3,(H,23,27). The molecule has 28 heavy (non-hydrogen) atoms. The number of amides is 1. The van der Waals surface area contributed by atoms with Crippen LogP contribution < -0.4 is 10.2 Å². The number of benzene rings is 2. The van der Waals surface area contributed by atoms with Crippen molar-refractivity contribution in [1.29, 1.82) is 0 Å². The third-order valence-electron chi connectivity index (χ3n) is 4.97. The molecule has 1 saturated heterocycles. The molecular weight excluding hydrogens is 352 g/mol. The van der Waals surface area contributed by atoms with Gasteiger partial charge in [0.2, 0.25) is 17.6 Å². The van der Waals surface area contributed by atoms with E-state index in [1.54, 1.807) is 0 Å². The Morgan fingerprint density at radius 2 is 1.79 bits per heavy atom. The lowest BCUT2D eigenvalue weighted by atomic mass is 10.1. The van der Waals surface area contributed by atoms with Gasteiger partial charge >= 0.3 is 0 Å². The van der Waals surface area contributed by atoms with Crippen LogP contribution in [0.25, 0.3) is 11.4 Å². The Morgan fingerprint density at radius 1 is 1.07 bits per heavy atom. The van der Waals surface area contributed by atoms with Crippen LogP contribution in [0.15, 0.2) is 53.1 Å². The summed E-state index contributed by atoms with van der Waals surface area (Å²) in [6.07, 6.45) is 3.21. The van der Waals surface area contributed by atoms with Crippen molar-refractivity contribution in [2.45, 2.75) is 32.6 Å². The van der Waals surface area contributed by atoms with E-state index in [1.165, 1.54) is 24.1 Å². The van der Waals surface area contributed by atoms with Gasteiger partial charge in [-0.3, -0.25) is 4.79 Å². The van der Waals surface area contributed by atoms with E-state index in [2.05, 4.69) is 32.5 Å². The Morgan fingerprint density at radius 3 is 2.50 bits per heavy atom. The largest absolute Gasteiger partial charge is 0.372 e. The van der Waals surface area contributed by atoms with Crippen molar-refractivity contribution in [3.05, 3.63) is 60.0 Å². The molecule has 144 valence electrons. The fourth-order valence-corrected chi connectivity index (χ4v) is 3.35. The predicted octanol–water partition coefficient (Wildman–Crippen LogP) is 4.22. The first-order valence-corrected chi connectivity index (χ1v) is 9.72. The number of carbonyl (C=O) groups excluding carboxylic acids is 1. The summed E-state index contributed by atoms with van der Waals surface area (Å²) in [5.41, 5.74) is 4.10. The third-order valence-corrected chi connectivity index (χ3v) is 4.97. The Bertz CT molecular complexity index is 926. The molecule has 0 spiro atoms. The smallest absolute Gasteiger partial charge is 0.227 e. The lowest BCUT2D eigenvalue weighted by Gasteiger charge is -2.17. The maximum absolute atomic E-state index is 12.2. The van der Waals surface area contributed by atoms with E-state index in [4.69, 9.17) is 4.52 Å². The molecular formula is C22H24N4O2. The molecule has 0 aliphatic carbocycles. The molecule has 6 nitrogen and oxygen atoms in total. The van der Waals surface area contributed by atoms with E-state index in [-0.39, 0.29) is 5.91 Å². The molecule has 0 saturated carbocycles. The van der Waals surface area contributed by atoms with E-state index < -0.39 is 0 Å². The van der Waals surface area contributed by atoms with Crippen LogP contribution in [0.4, 0.5) is 11.4 Å². The minimum atomic E-state index is -0.0657. The van der Waals surface area contributed by atoms with Gasteiger partial charge in [0.25, 0.3) is 0 Å². The maximum atomic E-state index is 12.2. The van der Waals surface area contributed by atoms with Crippen molar-refractivity contribution in [2.24, 2.45) is 0 Å². The number of nitrogens with zero attached hydrogens (tertiary/aromatic N) is 3. The topological polar surface area (TPSA) is 71.3 Å². The first-order chi connectivity index (χ1) is 13.7. The molecule has 1 aliphatic rings. The molecule has 2 heterocycles. The number of hydrogen-bond acceptors (Lipinski definition) is 5. The SMILES string of the molecule is Cc1ccc(-c2noc(CCC(=O)Nc3ccc(N4CCCC4)cc3)n2)cc1. The van der Waals surface area contributed by atoms with Gasteiger partial charge in [0.05, 0.1) is 0 Å². The molecule has 4 rings (SSSR count). The monoisotopic (exact) mass is 376 g/mol. The molecule has 1 fully saturated rings. The normalized spacial score (nSPS) is 13.7. The van der Waals surface area contributed by atoms with Crippen LogP contribution in [0, 0.1) is 6.92 Å². The van der Waals surface area contributed by atoms with Crippen LogP contribution in [-0.4, -0.2) is 29.1 Å². The average molecular weight is 376 g/mol. The zero-order valence-electron chi connectivity index (χ0n) is 16.0. The number of rotatable bonds is 6. The van der Waals surface area contributed by atoms with Crippen molar-refractivity contribution in [2.75, 3.05) is 23.3 Å². The van der Waals surface area contributed by atoms with Crippen molar-refractivity contribution < 1.29 is 9.32 Å². The van der Waals surface area contributed by atoms with E-state index >= 15 is 0 Å². The minimum Gasteiger partial charge on any atom is -0.372 e. The molecule has 1 amide bonds. The molecule has 0 radical (unpaired) electrons. The Labute approximate surface area is 164 Å². The van der Waals surface area contributed by atoms with Gasteiger partial charge in [-0.1, -0.05) is 35.0 Å². The molecule has 1 N–H and O–H groups in total. The first kappa shape index (κ1) is 18.2. The number of hydrogen-bond donors (Lipinski definition) is 1. The Hall–Kier alpha value is -3.15. The third kappa shape index (κ3) is 4.39. The van der Waals surface area contributed by atoms with Crippen LogP contribution >= 0.6 is 0 Å². The van der Waals surface area contributed by atoms with Gasteiger partial charge in [-0.2, -0.15) is 4.98 Å². The Balaban J connectivity index is 1.29. The Kier molecular flexibility index (Phi) is 5.37. The number of anilines is 2. The van der Waals surface area contributed by atoms with Gasteiger partial charge in [0, 0.05) is 42.9 Å². The highest BCUT2D eigenvalue weighted by Gasteiger charge is 2.13. The summed E-state index contributed by atoms with van der Waals surface area (Å²) >= 11 is 0. The highest BCUT2D eigenvalue weighted by Crippen LogP contribution is 2.22. The van der Waals surface area contributed by atoms with Crippen molar-refractivity contribution in [3.8, 4) is 11.4 Å². The fraction of sp³-hybridized carbons (Fsp3) is 0.318. The van der Waals surface area contributed by atoms with E-state index in [1.807, 2.05) is 43.3 Å². The summed E-state index contributed by atoms with van der Waals surface area (Å²) in [5, 5.41) is 6.93. The zero-order valence-corrected chi connectivity index (χ0v) is 16.0. The van der Waals surface area contributed by atoms with Crippen LogP contribution in [0.1, 0.15) is 30.7 Å². The van der Waals surface area contributed by atoms with E-state index in [0.29, 0.717) is 24.6 Å². The average Bonchev–Trinajstić information content (AvgIpc) is 3.40. The highest BCUT2D eigenvalue weighted by atomic mass is 16.5. The van der Waals surface area contributed by atoms with Gasteiger partial charge in [0.15, 0.2) is 0 Å². The lowest BCUT2D eigenvalue weighted by Crippen LogP contribution is -2.17. The molecule has 2 aromatic carbocycles.